The molecule has 2 aromatic rings. The molecule has 1 aromatic carbocycles. The van der Waals surface area contributed by atoms with E-state index in [1.165, 1.54) is 0 Å². The van der Waals surface area contributed by atoms with E-state index in [2.05, 4.69) is 4.98 Å². The minimum Gasteiger partial charge on any atom is -0.338 e. The minimum absolute atomic E-state index is 0.147. The van der Waals surface area contributed by atoms with E-state index >= 15 is 0 Å². The summed E-state index contributed by atoms with van der Waals surface area (Å²) in [4.78, 5) is 18.8. The van der Waals surface area contributed by atoms with Crippen LogP contribution in [0.2, 0.25) is 15.1 Å². The lowest BCUT2D eigenvalue weighted by Crippen LogP contribution is -2.36. The molecule has 27 heavy (non-hydrogen) atoms. The van der Waals surface area contributed by atoms with E-state index in [1.54, 1.807) is 12.3 Å². The summed E-state index contributed by atoms with van der Waals surface area (Å²) in [6, 6.07) is 5.52. The Morgan fingerprint density at radius 3 is 2.48 bits per heavy atom. The second kappa shape index (κ2) is 10.3. The molecule has 0 radical (unpaired) electrons. The lowest BCUT2D eigenvalue weighted by molar-refractivity contribution is -0.132. The normalized spacial score (nSPS) is 12.9. The van der Waals surface area contributed by atoms with Crippen molar-refractivity contribution in [3.8, 4) is 0 Å². The first-order valence-electron chi connectivity index (χ1n) is 9.30. The van der Waals surface area contributed by atoms with Gasteiger partial charge in [-0.05, 0) is 61.1 Å². The molecular weight excluding hydrogens is 403 g/mol. The van der Waals surface area contributed by atoms with Crippen LogP contribution in [0.5, 0.6) is 0 Å². The number of pyridine rings is 1. The Morgan fingerprint density at radius 2 is 1.81 bits per heavy atom. The highest BCUT2D eigenvalue weighted by Gasteiger charge is 2.23. The van der Waals surface area contributed by atoms with Gasteiger partial charge in [0, 0.05) is 41.4 Å². The van der Waals surface area contributed by atoms with Crippen molar-refractivity contribution < 1.29 is 4.79 Å². The number of hydrogen-bond acceptors (Lipinski definition) is 2. The Labute approximate surface area is 176 Å². The van der Waals surface area contributed by atoms with Crippen molar-refractivity contribution in [3.63, 3.8) is 0 Å². The number of nitrogens with zero attached hydrogens (tertiary/aromatic N) is 2. The van der Waals surface area contributed by atoms with Gasteiger partial charge in [-0.3, -0.25) is 9.78 Å². The highest BCUT2D eigenvalue weighted by atomic mass is 35.5. The van der Waals surface area contributed by atoms with E-state index in [4.69, 9.17) is 34.8 Å². The number of aromatic nitrogens is 1. The Morgan fingerprint density at radius 1 is 1.15 bits per heavy atom. The van der Waals surface area contributed by atoms with Gasteiger partial charge >= 0.3 is 0 Å². The van der Waals surface area contributed by atoms with Crippen molar-refractivity contribution in [2.45, 2.75) is 53.0 Å². The maximum atomic E-state index is 12.5. The van der Waals surface area contributed by atoms with Gasteiger partial charge in [-0.1, -0.05) is 48.7 Å². The zero-order valence-corrected chi connectivity index (χ0v) is 18.3. The molecule has 0 aliphatic carbocycles. The van der Waals surface area contributed by atoms with Gasteiger partial charge in [0.2, 0.25) is 5.91 Å². The average molecular weight is 428 g/mol. The van der Waals surface area contributed by atoms with E-state index in [1.807, 2.05) is 37.8 Å². The third-order valence-electron chi connectivity index (χ3n) is 4.61. The summed E-state index contributed by atoms with van der Waals surface area (Å²) >= 11 is 18.4. The first-order chi connectivity index (χ1) is 13.0. The number of benzene rings is 1. The summed E-state index contributed by atoms with van der Waals surface area (Å²) in [6.07, 6.45) is 4.43. The molecule has 0 atom stereocenters. The molecule has 1 aliphatic rings. The zero-order valence-electron chi connectivity index (χ0n) is 16.0. The van der Waals surface area contributed by atoms with Gasteiger partial charge in [-0.15, -0.1) is 0 Å². The molecule has 0 unspecified atom stereocenters. The summed E-state index contributed by atoms with van der Waals surface area (Å²) < 4.78 is 0. The van der Waals surface area contributed by atoms with E-state index in [9.17, 15) is 4.79 Å². The molecule has 3 rings (SSSR count). The van der Waals surface area contributed by atoms with Crippen LogP contribution >= 0.6 is 34.8 Å². The van der Waals surface area contributed by atoms with Crippen LogP contribution in [0, 0.1) is 6.92 Å². The van der Waals surface area contributed by atoms with Gasteiger partial charge in [0.15, 0.2) is 0 Å². The largest absolute Gasteiger partial charge is 0.338 e. The average Bonchev–Trinajstić information content (AvgIpc) is 2.68. The van der Waals surface area contributed by atoms with E-state index in [-0.39, 0.29) is 5.91 Å². The van der Waals surface area contributed by atoms with Crippen LogP contribution in [0.15, 0.2) is 24.4 Å². The number of carbonyl (C=O) groups excluding carboxylic acids is 1. The Bertz CT molecular complexity index is 808. The maximum Gasteiger partial charge on any atom is 0.222 e. The topological polar surface area (TPSA) is 33.2 Å². The number of fused-ring (bicyclic) bond motifs is 1. The van der Waals surface area contributed by atoms with Gasteiger partial charge in [0.05, 0.1) is 5.02 Å². The third-order valence-corrected chi connectivity index (χ3v) is 5.52. The van der Waals surface area contributed by atoms with Crippen LogP contribution in [-0.4, -0.2) is 22.3 Å². The monoisotopic (exact) mass is 426 g/mol. The Kier molecular flexibility index (Phi) is 8.40. The van der Waals surface area contributed by atoms with Gasteiger partial charge < -0.3 is 4.90 Å². The second-order valence-electron chi connectivity index (χ2n) is 6.32. The van der Waals surface area contributed by atoms with E-state index in [0.29, 0.717) is 29.6 Å². The standard InChI is InChI=1S/C19H19Cl3N2O.C2H6/c1-12-9-13(20)10-23-18(12)3-2-4-19(25)24-8-7-14-15(11-24)17(22)6-5-16(14)21;1-2/h5-6,9-10H,2-4,7-8,11H2,1H3;1-2H3. The molecule has 0 saturated carbocycles. The van der Waals surface area contributed by atoms with Crippen molar-refractivity contribution in [2.24, 2.45) is 0 Å². The zero-order chi connectivity index (χ0) is 20.0. The SMILES string of the molecule is CC.Cc1cc(Cl)cnc1CCCC(=O)N1CCc2c(Cl)ccc(Cl)c2C1. The first kappa shape index (κ1) is 22.0. The summed E-state index contributed by atoms with van der Waals surface area (Å²) in [5, 5.41) is 2.05. The number of rotatable bonds is 4. The number of halogens is 3. The number of hydrogen-bond donors (Lipinski definition) is 0. The summed E-state index contributed by atoms with van der Waals surface area (Å²) in [7, 11) is 0. The number of amides is 1. The van der Waals surface area contributed by atoms with Gasteiger partial charge in [0.25, 0.3) is 0 Å². The molecule has 2 heterocycles. The summed E-state index contributed by atoms with van der Waals surface area (Å²) in [5.74, 6) is 0.147. The molecule has 1 aliphatic heterocycles. The number of aryl methyl sites for hydroxylation is 2. The molecule has 0 spiro atoms. The fourth-order valence-corrected chi connectivity index (χ4v) is 3.92. The molecule has 0 bridgehead atoms. The van der Waals surface area contributed by atoms with Crippen molar-refractivity contribution in [1.29, 1.82) is 0 Å². The molecule has 146 valence electrons. The maximum absolute atomic E-state index is 12.5. The van der Waals surface area contributed by atoms with Crippen LogP contribution in [0.4, 0.5) is 0 Å². The highest BCUT2D eigenvalue weighted by Crippen LogP contribution is 2.32. The van der Waals surface area contributed by atoms with Crippen molar-refractivity contribution >= 4 is 40.7 Å². The number of carbonyl (C=O) groups is 1. The van der Waals surface area contributed by atoms with Crippen LogP contribution in [0.1, 0.15) is 49.1 Å². The predicted molar refractivity (Wildman–Crippen MR) is 114 cm³/mol. The van der Waals surface area contributed by atoms with Gasteiger partial charge in [-0.25, -0.2) is 0 Å². The molecule has 6 heteroatoms. The lowest BCUT2D eigenvalue weighted by atomic mass is 9.99. The Hall–Kier alpha value is -1.29. The molecule has 3 nitrogen and oxygen atoms in total. The minimum atomic E-state index is 0.147. The fourth-order valence-electron chi connectivity index (χ4n) is 3.20. The fraction of sp³-hybridized carbons (Fsp3) is 0.429. The van der Waals surface area contributed by atoms with E-state index in [0.717, 1.165) is 46.7 Å². The van der Waals surface area contributed by atoms with Gasteiger partial charge in [0.1, 0.15) is 0 Å². The van der Waals surface area contributed by atoms with Crippen molar-refractivity contribution in [1.82, 2.24) is 9.88 Å². The van der Waals surface area contributed by atoms with Crippen LogP contribution < -0.4 is 0 Å². The Balaban J connectivity index is 0.00000126. The molecule has 1 amide bonds. The van der Waals surface area contributed by atoms with Crippen LogP contribution in [0.25, 0.3) is 0 Å². The molecular formula is C21H25Cl3N2O. The second-order valence-corrected chi connectivity index (χ2v) is 7.57. The van der Waals surface area contributed by atoms with Crippen LogP contribution in [-0.2, 0) is 24.2 Å². The quantitative estimate of drug-likeness (QED) is 0.575. The molecule has 0 N–H and O–H groups in total. The molecule has 0 saturated heterocycles. The smallest absolute Gasteiger partial charge is 0.222 e. The van der Waals surface area contributed by atoms with Crippen molar-refractivity contribution in [3.05, 3.63) is 61.8 Å². The predicted octanol–water partition coefficient (Wildman–Crippen LogP) is 6.28. The summed E-state index contributed by atoms with van der Waals surface area (Å²) in [5.41, 5.74) is 4.10. The highest BCUT2D eigenvalue weighted by molar-refractivity contribution is 6.34. The van der Waals surface area contributed by atoms with E-state index < -0.39 is 0 Å². The van der Waals surface area contributed by atoms with Gasteiger partial charge in [-0.2, -0.15) is 0 Å². The first-order valence-corrected chi connectivity index (χ1v) is 10.4. The van der Waals surface area contributed by atoms with Crippen molar-refractivity contribution in [2.75, 3.05) is 6.54 Å². The molecule has 1 aromatic heterocycles. The lowest BCUT2D eigenvalue weighted by Gasteiger charge is -2.30. The van der Waals surface area contributed by atoms with Crippen LogP contribution in [0.3, 0.4) is 0 Å². The third kappa shape index (κ3) is 5.60. The summed E-state index contributed by atoms with van der Waals surface area (Å²) in [6.45, 7) is 7.21. The molecule has 0 fully saturated rings.